The molecule has 5 heteroatoms. The van der Waals surface area contributed by atoms with Crippen LogP contribution in [0.2, 0.25) is 0 Å². The monoisotopic (exact) mass is 289 g/mol. The highest BCUT2D eigenvalue weighted by atomic mass is 19.1. The number of halogens is 1. The first-order chi connectivity index (χ1) is 10.1. The molecule has 1 aromatic rings. The second-order valence-corrected chi connectivity index (χ2v) is 6.50. The topological polar surface area (TPSA) is 66.4 Å². The van der Waals surface area contributed by atoms with Crippen LogP contribution in [-0.2, 0) is 4.79 Å². The number of carboxylic acid groups (broad SMARTS) is 1. The predicted molar refractivity (Wildman–Crippen MR) is 73.3 cm³/mol. The summed E-state index contributed by atoms with van der Waals surface area (Å²) in [6, 6.07) is 3.46. The minimum Gasteiger partial charge on any atom is -0.478 e. The molecule has 21 heavy (non-hydrogen) atoms. The van der Waals surface area contributed by atoms with Gasteiger partial charge in [0.25, 0.3) is 0 Å². The number of benzene rings is 1. The number of carbonyl (C=O) groups is 2. The van der Waals surface area contributed by atoms with E-state index >= 15 is 0 Å². The molecular formula is C16H16FNO3. The average Bonchev–Trinajstić information content (AvgIpc) is 2.90. The molecule has 0 saturated heterocycles. The van der Waals surface area contributed by atoms with Gasteiger partial charge in [-0.1, -0.05) is 0 Å². The van der Waals surface area contributed by atoms with Crippen molar-refractivity contribution in [3.63, 3.8) is 0 Å². The molecule has 0 aromatic heterocycles. The van der Waals surface area contributed by atoms with Crippen LogP contribution in [0, 0.1) is 35.4 Å². The quantitative estimate of drug-likeness (QED) is 0.899. The van der Waals surface area contributed by atoms with Gasteiger partial charge in [0.15, 0.2) is 0 Å². The Morgan fingerprint density at radius 3 is 2.48 bits per heavy atom. The predicted octanol–water partition coefficient (Wildman–Crippen LogP) is 2.75. The third-order valence-corrected chi connectivity index (χ3v) is 5.51. The highest BCUT2D eigenvalue weighted by molar-refractivity contribution is 5.97. The van der Waals surface area contributed by atoms with Crippen LogP contribution in [-0.4, -0.2) is 17.0 Å². The summed E-state index contributed by atoms with van der Waals surface area (Å²) in [6.07, 6.45) is 3.69. The largest absolute Gasteiger partial charge is 0.478 e. The van der Waals surface area contributed by atoms with Gasteiger partial charge in [0, 0.05) is 5.92 Å². The van der Waals surface area contributed by atoms with Crippen molar-refractivity contribution in [3.8, 4) is 0 Å². The van der Waals surface area contributed by atoms with Crippen molar-refractivity contribution in [2.24, 2.45) is 29.6 Å². The van der Waals surface area contributed by atoms with E-state index < -0.39 is 11.8 Å². The molecule has 0 aliphatic heterocycles. The molecule has 110 valence electrons. The molecule has 4 rings (SSSR count). The Morgan fingerprint density at radius 2 is 1.86 bits per heavy atom. The number of hydrogen-bond donors (Lipinski definition) is 2. The first-order valence-corrected chi connectivity index (χ1v) is 7.40. The van der Waals surface area contributed by atoms with E-state index in [9.17, 15) is 14.0 Å². The Labute approximate surface area is 121 Å². The molecule has 3 fully saturated rings. The Balaban J connectivity index is 1.51. The smallest absolute Gasteiger partial charge is 0.335 e. The van der Waals surface area contributed by atoms with Crippen LogP contribution in [0.15, 0.2) is 18.2 Å². The van der Waals surface area contributed by atoms with Crippen LogP contribution in [0.25, 0.3) is 0 Å². The Hall–Kier alpha value is -1.91. The molecule has 5 atom stereocenters. The first-order valence-electron chi connectivity index (χ1n) is 7.40. The molecule has 4 nitrogen and oxygen atoms in total. The van der Waals surface area contributed by atoms with Crippen LogP contribution in [0.1, 0.15) is 29.6 Å². The highest BCUT2D eigenvalue weighted by Crippen LogP contribution is 2.69. The number of aromatic carboxylic acids is 1. The number of fused-ring (bicyclic) bond motifs is 5. The van der Waals surface area contributed by atoms with Crippen LogP contribution < -0.4 is 5.32 Å². The summed E-state index contributed by atoms with van der Waals surface area (Å²) in [5.41, 5.74) is -0.0556. The van der Waals surface area contributed by atoms with Crippen molar-refractivity contribution in [1.29, 1.82) is 0 Å². The number of carboxylic acids is 1. The van der Waals surface area contributed by atoms with Gasteiger partial charge in [-0.3, -0.25) is 4.79 Å². The van der Waals surface area contributed by atoms with Crippen LogP contribution in [0.4, 0.5) is 10.1 Å². The molecule has 3 aliphatic rings. The van der Waals surface area contributed by atoms with Gasteiger partial charge in [-0.05, 0) is 61.1 Å². The standard InChI is InChI=1S/C16H16FNO3/c17-10-4-3-9(16(20)21)6-11(10)18-15(19)14-12-7-1-2-8(5-7)13(12)14/h3-4,6-8,12-14H,1-2,5H2,(H,18,19)(H,20,21)/t7-,8-,12-,13+,14?/m0/s1. The first kappa shape index (κ1) is 12.8. The van der Waals surface area contributed by atoms with E-state index in [0.29, 0.717) is 23.7 Å². The van der Waals surface area contributed by atoms with E-state index in [2.05, 4.69) is 5.32 Å². The average molecular weight is 289 g/mol. The van der Waals surface area contributed by atoms with Gasteiger partial charge in [0.05, 0.1) is 11.3 Å². The molecule has 3 aliphatic carbocycles. The van der Waals surface area contributed by atoms with Gasteiger partial charge in [-0.15, -0.1) is 0 Å². The third kappa shape index (κ3) is 1.87. The number of nitrogens with one attached hydrogen (secondary N) is 1. The summed E-state index contributed by atoms with van der Waals surface area (Å²) >= 11 is 0. The summed E-state index contributed by atoms with van der Waals surface area (Å²) in [5.74, 6) is 0.432. The van der Waals surface area contributed by atoms with E-state index in [0.717, 1.165) is 6.07 Å². The highest BCUT2D eigenvalue weighted by Gasteiger charge is 2.67. The van der Waals surface area contributed by atoms with E-state index in [1.54, 1.807) is 0 Å². The Morgan fingerprint density at radius 1 is 1.19 bits per heavy atom. The molecule has 0 heterocycles. The lowest BCUT2D eigenvalue weighted by Gasteiger charge is -2.10. The van der Waals surface area contributed by atoms with E-state index in [4.69, 9.17) is 5.11 Å². The zero-order chi connectivity index (χ0) is 14.7. The number of anilines is 1. The lowest BCUT2D eigenvalue weighted by molar-refractivity contribution is -0.118. The van der Waals surface area contributed by atoms with Crippen molar-refractivity contribution in [2.45, 2.75) is 19.3 Å². The second kappa shape index (κ2) is 4.29. The molecule has 1 amide bonds. The normalized spacial score (nSPS) is 35.4. The number of rotatable bonds is 3. The minimum atomic E-state index is -1.13. The number of carbonyl (C=O) groups excluding carboxylic acids is 1. The molecular weight excluding hydrogens is 273 g/mol. The van der Waals surface area contributed by atoms with Gasteiger partial charge in [-0.2, -0.15) is 0 Å². The fraction of sp³-hybridized carbons (Fsp3) is 0.500. The Kier molecular flexibility index (Phi) is 2.62. The molecule has 2 N–H and O–H groups in total. The van der Waals surface area contributed by atoms with Gasteiger partial charge in [0.2, 0.25) is 5.91 Å². The fourth-order valence-electron chi connectivity index (χ4n) is 4.65. The third-order valence-electron chi connectivity index (χ3n) is 5.51. The van der Waals surface area contributed by atoms with Gasteiger partial charge in [0.1, 0.15) is 5.82 Å². The maximum Gasteiger partial charge on any atom is 0.335 e. The fourth-order valence-corrected chi connectivity index (χ4v) is 4.65. The van der Waals surface area contributed by atoms with Gasteiger partial charge >= 0.3 is 5.97 Å². The van der Waals surface area contributed by atoms with Crippen LogP contribution >= 0.6 is 0 Å². The number of hydrogen-bond acceptors (Lipinski definition) is 2. The molecule has 3 saturated carbocycles. The number of amides is 1. The maximum atomic E-state index is 13.7. The molecule has 2 bridgehead atoms. The van der Waals surface area contributed by atoms with Crippen molar-refractivity contribution in [2.75, 3.05) is 5.32 Å². The summed E-state index contributed by atoms with van der Waals surface area (Å²) < 4.78 is 13.7. The van der Waals surface area contributed by atoms with E-state index in [-0.39, 0.29) is 23.1 Å². The van der Waals surface area contributed by atoms with Crippen LogP contribution in [0.3, 0.4) is 0 Å². The Bertz CT molecular complexity index is 628. The van der Waals surface area contributed by atoms with E-state index in [1.165, 1.54) is 31.4 Å². The molecule has 1 aromatic carbocycles. The van der Waals surface area contributed by atoms with Crippen molar-refractivity contribution < 1.29 is 19.1 Å². The molecule has 1 unspecified atom stereocenters. The zero-order valence-electron chi connectivity index (χ0n) is 11.4. The van der Waals surface area contributed by atoms with Crippen molar-refractivity contribution in [3.05, 3.63) is 29.6 Å². The zero-order valence-corrected chi connectivity index (χ0v) is 11.4. The van der Waals surface area contributed by atoms with Gasteiger partial charge < -0.3 is 10.4 Å². The lowest BCUT2D eigenvalue weighted by atomic mass is 10.0. The lowest BCUT2D eigenvalue weighted by Crippen LogP contribution is -2.19. The summed E-state index contributed by atoms with van der Waals surface area (Å²) in [7, 11) is 0. The van der Waals surface area contributed by atoms with Crippen molar-refractivity contribution in [1.82, 2.24) is 0 Å². The second-order valence-electron chi connectivity index (χ2n) is 6.50. The maximum absolute atomic E-state index is 13.7. The molecule has 0 radical (unpaired) electrons. The summed E-state index contributed by atoms with van der Waals surface area (Å²) in [5, 5.41) is 11.5. The minimum absolute atomic E-state index is 0.00383. The SMILES string of the molecule is O=C(O)c1ccc(F)c(NC(=O)C2[C@@H]3[C@H]4CC[C@@H](C4)[C@H]23)c1. The summed E-state index contributed by atoms with van der Waals surface area (Å²) in [4.78, 5) is 23.2. The van der Waals surface area contributed by atoms with E-state index in [1.807, 2.05) is 0 Å². The summed E-state index contributed by atoms with van der Waals surface area (Å²) in [6.45, 7) is 0. The van der Waals surface area contributed by atoms with Crippen molar-refractivity contribution >= 4 is 17.6 Å². The molecule has 0 spiro atoms. The van der Waals surface area contributed by atoms with Gasteiger partial charge in [-0.25, -0.2) is 9.18 Å². The van der Waals surface area contributed by atoms with Crippen LogP contribution in [0.5, 0.6) is 0 Å².